The Bertz CT molecular complexity index is 488. The Labute approximate surface area is 115 Å². The highest BCUT2D eigenvalue weighted by Crippen LogP contribution is 2.33. The Balaban J connectivity index is 1.89. The van der Waals surface area contributed by atoms with Crippen LogP contribution < -0.4 is 10.6 Å². The third-order valence-corrected chi connectivity index (χ3v) is 3.46. The van der Waals surface area contributed by atoms with Gasteiger partial charge >= 0.3 is 12.1 Å². The number of halogens is 3. The lowest BCUT2D eigenvalue weighted by molar-refractivity contribution is -0.167. The molecule has 0 spiro atoms. The van der Waals surface area contributed by atoms with Crippen molar-refractivity contribution in [1.82, 2.24) is 5.32 Å². The van der Waals surface area contributed by atoms with Crippen LogP contribution in [0.25, 0.3) is 0 Å². The molecule has 2 N–H and O–H groups in total. The number of nitrogens with one attached hydrogen (secondary N) is 2. The number of carbonyl (C=O) groups excluding carboxylic acids is 1. The first-order valence-electron chi connectivity index (χ1n) is 6.60. The average molecular weight is 286 g/mol. The molecule has 2 unspecified atom stereocenters. The van der Waals surface area contributed by atoms with Crippen LogP contribution in [0, 0.1) is 5.92 Å². The number of amides is 1. The maximum Gasteiger partial charge on any atom is 0.471 e. The second-order valence-corrected chi connectivity index (χ2v) is 5.04. The standard InChI is InChI=1S/C14H17F3N2O/c1-2-10-7-12(10)18-8-9-4-3-5-11(6-9)19-13(20)14(15,16)17/h3-6,10,12,18H,2,7-8H2,1H3,(H,19,20). The number of hydrogen-bond acceptors (Lipinski definition) is 2. The predicted octanol–water partition coefficient (Wildman–Crippen LogP) is 3.08. The van der Waals surface area contributed by atoms with Gasteiger partial charge in [0, 0.05) is 18.3 Å². The lowest BCUT2D eigenvalue weighted by Crippen LogP contribution is -2.30. The van der Waals surface area contributed by atoms with Crippen LogP contribution in [0.15, 0.2) is 24.3 Å². The van der Waals surface area contributed by atoms with E-state index in [2.05, 4.69) is 12.2 Å². The van der Waals surface area contributed by atoms with Gasteiger partial charge in [-0.05, 0) is 30.0 Å². The minimum atomic E-state index is -4.86. The molecule has 3 nitrogen and oxygen atoms in total. The van der Waals surface area contributed by atoms with Gasteiger partial charge in [0.2, 0.25) is 0 Å². The zero-order valence-corrected chi connectivity index (χ0v) is 11.1. The van der Waals surface area contributed by atoms with Crippen LogP contribution in [-0.4, -0.2) is 18.1 Å². The first kappa shape index (κ1) is 14.8. The summed E-state index contributed by atoms with van der Waals surface area (Å²) in [4.78, 5) is 10.9. The molecule has 0 aromatic heterocycles. The Morgan fingerprint density at radius 2 is 2.15 bits per heavy atom. The number of alkyl halides is 3. The Hall–Kier alpha value is -1.56. The van der Waals surface area contributed by atoms with Crippen molar-refractivity contribution >= 4 is 11.6 Å². The van der Waals surface area contributed by atoms with Crippen molar-refractivity contribution in [1.29, 1.82) is 0 Å². The molecule has 1 saturated carbocycles. The molecule has 6 heteroatoms. The van der Waals surface area contributed by atoms with Gasteiger partial charge in [-0.25, -0.2) is 0 Å². The molecular weight excluding hydrogens is 269 g/mol. The minimum absolute atomic E-state index is 0.162. The summed E-state index contributed by atoms with van der Waals surface area (Å²) in [7, 11) is 0. The van der Waals surface area contributed by atoms with Crippen LogP contribution in [0.1, 0.15) is 25.3 Å². The van der Waals surface area contributed by atoms with E-state index in [9.17, 15) is 18.0 Å². The van der Waals surface area contributed by atoms with Crippen molar-refractivity contribution in [3.8, 4) is 0 Å². The topological polar surface area (TPSA) is 41.1 Å². The molecule has 0 aliphatic heterocycles. The second-order valence-electron chi connectivity index (χ2n) is 5.04. The molecule has 1 aromatic rings. The number of anilines is 1. The van der Waals surface area contributed by atoms with Gasteiger partial charge in [-0.3, -0.25) is 4.79 Å². The summed E-state index contributed by atoms with van der Waals surface area (Å²) in [6.45, 7) is 2.73. The maximum atomic E-state index is 12.2. The third kappa shape index (κ3) is 3.96. The van der Waals surface area contributed by atoms with Gasteiger partial charge in [-0.1, -0.05) is 25.5 Å². The van der Waals surface area contributed by atoms with Crippen LogP contribution in [0.5, 0.6) is 0 Å². The molecule has 0 radical (unpaired) electrons. The van der Waals surface area contributed by atoms with Gasteiger partial charge in [-0.15, -0.1) is 0 Å². The number of hydrogen-bond donors (Lipinski definition) is 2. The largest absolute Gasteiger partial charge is 0.471 e. The highest BCUT2D eigenvalue weighted by molar-refractivity contribution is 5.94. The second kappa shape index (κ2) is 5.83. The number of carbonyl (C=O) groups is 1. The Morgan fingerprint density at radius 3 is 2.75 bits per heavy atom. The van der Waals surface area contributed by atoms with Gasteiger partial charge in [0.15, 0.2) is 0 Å². The minimum Gasteiger partial charge on any atom is -0.318 e. The number of benzene rings is 1. The quantitative estimate of drug-likeness (QED) is 0.873. The Kier molecular flexibility index (Phi) is 4.32. The van der Waals surface area contributed by atoms with Gasteiger partial charge in [0.25, 0.3) is 0 Å². The smallest absolute Gasteiger partial charge is 0.318 e. The lowest BCUT2D eigenvalue weighted by atomic mass is 10.2. The van der Waals surface area contributed by atoms with E-state index >= 15 is 0 Å². The summed E-state index contributed by atoms with van der Waals surface area (Å²) >= 11 is 0. The molecule has 1 fully saturated rings. The maximum absolute atomic E-state index is 12.2. The fourth-order valence-corrected chi connectivity index (χ4v) is 2.16. The van der Waals surface area contributed by atoms with Crippen molar-refractivity contribution in [2.45, 2.75) is 38.5 Å². The summed E-state index contributed by atoms with van der Waals surface area (Å²) < 4.78 is 36.5. The van der Waals surface area contributed by atoms with E-state index in [1.165, 1.54) is 6.07 Å². The van der Waals surface area contributed by atoms with Gasteiger partial charge in [0.1, 0.15) is 0 Å². The highest BCUT2D eigenvalue weighted by Gasteiger charge is 2.38. The van der Waals surface area contributed by atoms with Crippen molar-refractivity contribution < 1.29 is 18.0 Å². The summed E-state index contributed by atoms with van der Waals surface area (Å²) in [5.41, 5.74) is 1.01. The van der Waals surface area contributed by atoms with Crippen molar-refractivity contribution in [2.75, 3.05) is 5.32 Å². The van der Waals surface area contributed by atoms with E-state index in [0.717, 1.165) is 18.4 Å². The first-order valence-corrected chi connectivity index (χ1v) is 6.60. The molecule has 2 rings (SSSR count). The zero-order chi connectivity index (χ0) is 14.8. The molecule has 20 heavy (non-hydrogen) atoms. The van der Waals surface area contributed by atoms with Crippen LogP contribution in [0.3, 0.4) is 0 Å². The van der Waals surface area contributed by atoms with Crippen LogP contribution >= 0.6 is 0 Å². The van der Waals surface area contributed by atoms with Crippen LogP contribution in [0.2, 0.25) is 0 Å². The van der Waals surface area contributed by atoms with Crippen LogP contribution in [0.4, 0.5) is 18.9 Å². The predicted molar refractivity (Wildman–Crippen MR) is 70.2 cm³/mol. The van der Waals surface area contributed by atoms with Crippen LogP contribution in [-0.2, 0) is 11.3 Å². The monoisotopic (exact) mass is 286 g/mol. The number of rotatable bonds is 5. The van der Waals surface area contributed by atoms with Gasteiger partial charge < -0.3 is 10.6 Å². The van der Waals surface area contributed by atoms with Crippen molar-refractivity contribution in [3.63, 3.8) is 0 Å². The fourth-order valence-electron chi connectivity index (χ4n) is 2.16. The van der Waals surface area contributed by atoms with Gasteiger partial charge in [0.05, 0.1) is 0 Å². The van der Waals surface area contributed by atoms with E-state index in [4.69, 9.17) is 0 Å². The Morgan fingerprint density at radius 1 is 1.40 bits per heavy atom. The molecule has 1 aromatic carbocycles. The highest BCUT2D eigenvalue weighted by atomic mass is 19.4. The summed E-state index contributed by atoms with van der Waals surface area (Å²) in [6, 6.07) is 6.96. The van der Waals surface area contributed by atoms with E-state index in [1.54, 1.807) is 12.1 Å². The van der Waals surface area contributed by atoms with E-state index < -0.39 is 12.1 Å². The molecule has 0 bridgehead atoms. The SMILES string of the molecule is CCC1CC1NCc1cccc(NC(=O)C(F)(F)F)c1. The average Bonchev–Trinajstić information content (AvgIpc) is 3.14. The first-order chi connectivity index (χ1) is 9.40. The van der Waals surface area contributed by atoms with Crippen molar-refractivity contribution in [2.24, 2.45) is 5.92 Å². The van der Waals surface area contributed by atoms with E-state index in [1.807, 2.05) is 11.4 Å². The fraction of sp³-hybridized carbons (Fsp3) is 0.500. The van der Waals surface area contributed by atoms with E-state index in [0.29, 0.717) is 18.5 Å². The zero-order valence-electron chi connectivity index (χ0n) is 11.1. The molecule has 1 amide bonds. The summed E-state index contributed by atoms with van der Waals surface area (Å²) in [5, 5.41) is 5.20. The lowest BCUT2D eigenvalue weighted by Gasteiger charge is -2.10. The molecule has 0 saturated heterocycles. The van der Waals surface area contributed by atoms with Gasteiger partial charge in [-0.2, -0.15) is 13.2 Å². The molecule has 2 atom stereocenters. The van der Waals surface area contributed by atoms with E-state index in [-0.39, 0.29) is 5.69 Å². The molecule has 0 heterocycles. The summed E-state index contributed by atoms with van der Waals surface area (Å²) in [6.07, 6.45) is -2.57. The molecule has 110 valence electrons. The summed E-state index contributed by atoms with van der Waals surface area (Å²) in [5.74, 6) is -1.24. The molecule has 1 aliphatic carbocycles. The molecule has 1 aliphatic rings. The third-order valence-electron chi connectivity index (χ3n) is 3.46. The molecular formula is C14H17F3N2O. The van der Waals surface area contributed by atoms with Crippen molar-refractivity contribution in [3.05, 3.63) is 29.8 Å². The normalized spacial score (nSPS) is 21.6.